The zero-order chi connectivity index (χ0) is 15.4. The lowest BCUT2D eigenvalue weighted by Crippen LogP contribution is -2.30. The summed E-state index contributed by atoms with van der Waals surface area (Å²) in [6.45, 7) is 0.764. The fourth-order valence-corrected chi connectivity index (χ4v) is 2.08. The molecule has 3 nitrogen and oxygen atoms in total. The Kier molecular flexibility index (Phi) is 5.03. The topological polar surface area (TPSA) is 28.4 Å². The van der Waals surface area contributed by atoms with Crippen LogP contribution in [0.15, 0.2) is 34.9 Å². The van der Waals surface area contributed by atoms with Crippen LogP contribution in [-0.2, 0) is 6.54 Å². The predicted octanol–water partition coefficient (Wildman–Crippen LogP) is 3.09. The molecule has 114 valence electrons. The van der Waals surface area contributed by atoms with Crippen LogP contribution in [0.3, 0.4) is 0 Å². The van der Waals surface area contributed by atoms with E-state index in [0.29, 0.717) is 12.1 Å². The minimum Gasteiger partial charge on any atom is -0.468 e. The molecule has 0 radical (unpaired) electrons. The molecule has 2 rings (SSSR count). The molecule has 1 N–H and O–H groups in total. The smallest absolute Gasteiger partial charge is 0.194 e. The van der Waals surface area contributed by atoms with E-state index in [0.717, 1.165) is 17.9 Å². The maximum absolute atomic E-state index is 13.1. The summed E-state index contributed by atoms with van der Waals surface area (Å²) in [5, 5.41) is 3.09. The summed E-state index contributed by atoms with van der Waals surface area (Å²) < 4.78 is 44.4. The van der Waals surface area contributed by atoms with Crippen LogP contribution in [0, 0.1) is 17.5 Å². The van der Waals surface area contributed by atoms with Gasteiger partial charge in [-0.25, -0.2) is 13.2 Å². The van der Waals surface area contributed by atoms with Gasteiger partial charge in [-0.15, -0.1) is 0 Å². The summed E-state index contributed by atoms with van der Waals surface area (Å²) in [4.78, 5) is 1.97. The molecule has 0 amide bonds. The van der Waals surface area contributed by atoms with Gasteiger partial charge in [0.05, 0.1) is 12.3 Å². The number of halogens is 3. The molecule has 21 heavy (non-hydrogen) atoms. The minimum absolute atomic E-state index is 0.00450. The molecule has 0 saturated carbocycles. The molecule has 1 unspecified atom stereocenters. The summed E-state index contributed by atoms with van der Waals surface area (Å²) in [5.74, 6) is -3.01. The first-order chi connectivity index (χ1) is 9.99. The molecule has 0 fully saturated rings. The van der Waals surface area contributed by atoms with E-state index < -0.39 is 17.5 Å². The predicted molar refractivity (Wildman–Crippen MR) is 73.2 cm³/mol. The van der Waals surface area contributed by atoms with Crippen molar-refractivity contribution in [3.8, 4) is 0 Å². The molecule has 0 bridgehead atoms. The number of rotatable bonds is 6. The van der Waals surface area contributed by atoms with Gasteiger partial charge in [-0.05, 0) is 43.9 Å². The molecule has 1 atom stereocenters. The third-order valence-electron chi connectivity index (χ3n) is 3.21. The Hall–Kier alpha value is -1.79. The van der Waals surface area contributed by atoms with Gasteiger partial charge in [-0.1, -0.05) is 0 Å². The van der Waals surface area contributed by atoms with Crippen molar-refractivity contribution in [1.29, 1.82) is 0 Å². The van der Waals surface area contributed by atoms with Crippen molar-refractivity contribution < 1.29 is 17.6 Å². The standard InChI is InChI=1S/C15H17F3N2O/c1-20(2)13(14-4-3-5-21-14)9-19-8-10-6-11(16)15(18)12(17)7-10/h3-7,13,19H,8-9H2,1-2H3. The molecule has 6 heteroatoms. The van der Waals surface area contributed by atoms with Crippen LogP contribution in [0.25, 0.3) is 0 Å². The molecular formula is C15H17F3N2O. The number of furan rings is 1. The van der Waals surface area contributed by atoms with Gasteiger partial charge in [0, 0.05) is 13.1 Å². The number of nitrogens with zero attached hydrogens (tertiary/aromatic N) is 1. The van der Waals surface area contributed by atoms with Crippen LogP contribution in [0.2, 0.25) is 0 Å². The zero-order valence-corrected chi connectivity index (χ0v) is 11.9. The molecule has 0 aliphatic carbocycles. The number of likely N-dealkylation sites (N-methyl/N-ethyl adjacent to an activating group) is 1. The van der Waals surface area contributed by atoms with E-state index in [2.05, 4.69) is 5.32 Å². The Balaban J connectivity index is 1.97. The Labute approximate surface area is 121 Å². The fourth-order valence-electron chi connectivity index (χ4n) is 2.08. The van der Waals surface area contributed by atoms with Crippen LogP contribution < -0.4 is 5.32 Å². The van der Waals surface area contributed by atoms with Crippen molar-refractivity contribution in [3.05, 3.63) is 59.3 Å². The quantitative estimate of drug-likeness (QED) is 0.831. The van der Waals surface area contributed by atoms with Gasteiger partial charge in [0.2, 0.25) is 0 Å². The highest BCUT2D eigenvalue weighted by Gasteiger charge is 2.16. The van der Waals surface area contributed by atoms with Crippen LogP contribution in [-0.4, -0.2) is 25.5 Å². The lowest BCUT2D eigenvalue weighted by atomic mass is 10.1. The van der Waals surface area contributed by atoms with Gasteiger partial charge in [0.1, 0.15) is 5.76 Å². The second-order valence-corrected chi connectivity index (χ2v) is 5.00. The first-order valence-corrected chi connectivity index (χ1v) is 6.53. The Morgan fingerprint density at radius 2 is 1.86 bits per heavy atom. The maximum atomic E-state index is 13.1. The van der Waals surface area contributed by atoms with E-state index in [4.69, 9.17) is 4.42 Å². The Bertz CT molecular complexity index is 562. The monoisotopic (exact) mass is 298 g/mol. The van der Waals surface area contributed by atoms with Crippen molar-refractivity contribution in [3.63, 3.8) is 0 Å². The van der Waals surface area contributed by atoms with Gasteiger partial charge in [-0.2, -0.15) is 0 Å². The third kappa shape index (κ3) is 3.86. The molecule has 0 spiro atoms. The molecule has 1 aromatic carbocycles. The average Bonchev–Trinajstić information content (AvgIpc) is 2.94. The summed E-state index contributed by atoms with van der Waals surface area (Å²) in [6, 6.07) is 5.64. The summed E-state index contributed by atoms with van der Waals surface area (Å²) in [7, 11) is 3.82. The van der Waals surface area contributed by atoms with E-state index in [-0.39, 0.29) is 12.6 Å². The van der Waals surface area contributed by atoms with Crippen molar-refractivity contribution in [2.45, 2.75) is 12.6 Å². The van der Waals surface area contributed by atoms with E-state index in [1.54, 1.807) is 12.3 Å². The second-order valence-electron chi connectivity index (χ2n) is 5.00. The molecule has 1 aromatic heterocycles. The molecular weight excluding hydrogens is 281 g/mol. The van der Waals surface area contributed by atoms with Crippen LogP contribution in [0.5, 0.6) is 0 Å². The lowest BCUT2D eigenvalue weighted by molar-refractivity contribution is 0.250. The first-order valence-electron chi connectivity index (χ1n) is 6.53. The van der Waals surface area contributed by atoms with Crippen LogP contribution in [0.4, 0.5) is 13.2 Å². The molecule has 0 saturated heterocycles. The van der Waals surface area contributed by atoms with Crippen molar-refractivity contribution in [2.24, 2.45) is 0 Å². The van der Waals surface area contributed by atoms with E-state index >= 15 is 0 Å². The van der Waals surface area contributed by atoms with E-state index in [1.807, 2.05) is 25.1 Å². The van der Waals surface area contributed by atoms with Crippen LogP contribution >= 0.6 is 0 Å². The summed E-state index contributed by atoms with van der Waals surface area (Å²) >= 11 is 0. The Morgan fingerprint density at radius 1 is 1.19 bits per heavy atom. The summed E-state index contributed by atoms with van der Waals surface area (Å²) in [6.07, 6.45) is 1.59. The molecule has 0 aliphatic heterocycles. The van der Waals surface area contributed by atoms with Crippen molar-refractivity contribution >= 4 is 0 Å². The largest absolute Gasteiger partial charge is 0.468 e. The summed E-state index contributed by atoms with van der Waals surface area (Å²) in [5.41, 5.74) is 0.350. The van der Waals surface area contributed by atoms with Gasteiger partial charge in [0.25, 0.3) is 0 Å². The third-order valence-corrected chi connectivity index (χ3v) is 3.21. The zero-order valence-electron chi connectivity index (χ0n) is 11.9. The van der Waals surface area contributed by atoms with Gasteiger partial charge in [0.15, 0.2) is 17.5 Å². The van der Waals surface area contributed by atoms with E-state index in [9.17, 15) is 13.2 Å². The fraction of sp³-hybridized carbons (Fsp3) is 0.333. The molecule has 0 aliphatic rings. The highest BCUT2D eigenvalue weighted by Crippen LogP contribution is 2.18. The SMILES string of the molecule is CN(C)C(CNCc1cc(F)c(F)c(F)c1)c1ccco1. The van der Waals surface area contributed by atoms with Gasteiger partial charge >= 0.3 is 0 Å². The van der Waals surface area contributed by atoms with Crippen LogP contribution in [0.1, 0.15) is 17.4 Å². The molecule has 2 aromatic rings. The first kappa shape index (κ1) is 15.6. The van der Waals surface area contributed by atoms with Crippen molar-refractivity contribution in [2.75, 3.05) is 20.6 Å². The highest BCUT2D eigenvalue weighted by atomic mass is 19.2. The normalized spacial score (nSPS) is 12.9. The lowest BCUT2D eigenvalue weighted by Gasteiger charge is -2.22. The average molecular weight is 298 g/mol. The second kappa shape index (κ2) is 6.78. The number of nitrogens with one attached hydrogen (secondary N) is 1. The Morgan fingerprint density at radius 3 is 2.38 bits per heavy atom. The van der Waals surface area contributed by atoms with Crippen molar-refractivity contribution in [1.82, 2.24) is 10.2 Å². The molecule has 1 heterocycles. The number of hydrogen-bond donors (Lipinski definition) is 1. The highest BCUT2D eigenvalue weighted by molar-refractivity contribution is 5.19. The van der Waals surface area contributed by atoms with Gasteiger partial charge in [-0.3, -0.25) is 4.90 Å². The number of hydrogen-bond acceptors (Lipinski definition) is 3. The van der Waals surface area contributed by atoms with Gasteiger partial charge < -0.3 is 9.73 Å². The maximum Gasteiger partial charge on any atom is 0.194 e. The number of benzene rings is 1. The minimum atomic E-state index is -1.44. The van der Waals surface area contributed by atoms with E-state index in [1.165, 1.54) is 0 Å².